The molecule has 0 bridgehead atoms. The van der Waals surface area contributed by atoms with Crippen LogP contribution in [0.25, 0.3) is 17.1 Å². The topological polar surface area (TPSA) is 70.1 Å². The average molecular weight is 509 g/mol. The highest BCUT2D eigenvalue weighted by Crippen LogP contribution is 2.34. The maximum Gasteiger partial charge on any atom is 0.269 e. The van der Waals surface area contributed by atoms with Crippen LogP contribution in [0, 0.1) is 6.92 Å². The van der Waals surface area contributed by atoms with E-state index in [1.807, 2.05) is 54.0 Å². The number of aryl methyl sites for hydroxylation is 1. The fourth-order valence-electron chi connectivity index (χ4n) is 2.86. The summed E-state index contributed by atoms with van der Waals surface area (Å²) >= 11 is 11.4. The molecule has 1 heterocycles. The molecule has 0 unspecified atom stereocenters. The number of primary amides is 1. The number of nitrogens with two attached hydrogens (primary N) is 1. The number of hydrogen-bond acceptors (Lipinski definition) is 4. The van der Waals surface area contributed by atoms with Gasteiger partial charge in [0.25, 0.3) is 5.91 Å². The highest BCUT2D eigenvalue weighted by Gasteiger charge is 2.23. The van der Waals surface area contributed by atoms with E-state index >= 15 is 0 Å². The van der Waals surface area contributed by atoms with Crippen molar-refractivity contribution in [2.75, 3.05) is 0 Å². The minimum Gasteiger partial charge on any atom is -0.425 e. The van der Waals surface area contributed by atoms with Crippen LogP contribution >= 0.6 is 39.6 Å². The van der Waals surface area contributed by atoms with Crippen molar-refractivity contribution in [3.05, 3.63) is 64.4 Å². The van der Waals surface area contributed by atoms with Crippen LogP contribution in [-0.2, 0) is 5.33 Å². The van der Waals surface area contributed by atoms with Gasteiger partial charge in [0.2, 0.25) is 0 Å². The number of aromatic nitrogens is 2. The molecule has 0 radical (unpaired) electrons. The van der Waals surface area contributed by atoms with Gasteiger partial charge in [-0.2, -0.15) is 0 Å². The van der Waals surface area contributed by atoms with Crippen LogP contribution in [-0.4, -0.2) is 20.2 Å². The van der Waals surface area contributed by atoms with Gasteiger partial charge in [-0.25, -0.2) is 4.98 Å². The Kier molecular flexibility index (Phi) is 6.84. The van der Waals surface area contributed by atoms with Crippen molar-refractivity contribution in [3.8, 4) is 22.8 Å². The molecule has 30 heavy (non-hydrogen) atoms. The number of rotatable bonds is 6. The second-order valence-electron chi connectivity index (χ2n) is 7.82. The van der Waals surface area contributed by atoms with Gasteiger partial charge in [0.1, 0.15) is 11.6 Å². The smallest absolute Gasteiger partial charge is 0.269 e. The Morgan fingerprint density at radius 1 is 1.23 bits per heavy atom. The molecule has 0 spiro atoms. The van der Waals surface area contributed by atoms with Gasteiger partial charge in [-0.05, 0) is 69.7 Å². The molecule has 0 saturated carbocycles. The zero-order chi connectivity index (χ0) is 22.1. The van der Waals surface area contributed by atoms with Crippen LogP contribution in [0.2, 0.25) is 5.02 Å². The zero-order valence-corrected chi connectivity index (χ0v) is 20.4. The minimum atomic E-state index is -0.589. The summed E-state index contributed by atoms with van der Waals surface area (Å²) < 4.78 is 7.67. The third-order valence-electron chi connectivity index (χ3n) is 4.18. The molecule has 1 aromatic heterocycles. The van der Waals surface area contributed by atoms with Crippen LogP contribution in [0.1, 0.15) is 42.5 Å². The monoisotopic (exact) mass is 507 g/mol. The van der Waals surface area contributed by atoms with E-state index in [0.717, 1.165) is 22.6 Å². The van der Waals surface area contributed by atoms with Gasteiger partial charge < -0.3 is 9.92 Å². The van der Waals surface area contributed by atoms with Crippen molar-refractivity contribution in [1.82, 2.24) is 9.55 Å². The molecule has 2 aromatic carbocycles. The lowest BCUT2D eigenvalue weighted by molar-refractivity contribution is 0.0995. The third kappa shape index (κ3) is 5.02. The number of carbonyl (C=O) groups excluding carboxylic acids is 1. The first kappa shape index (κ1) is 22.7. The molecule has 0 saturated heterocycles. The molecule has 0 aliphatic carbocycles. The van der Waals surface area contributed by atoms with Gasteiger partial charge in [0.05, 0.1) is 22.8 Å². The Bertz CT molecular complexity index is 1080. The molecule has 0 fully saturated rings. The van der Waals surface area contributed by atoms with Gasteiger partial charge in [-0.1, -0.05) is 33.6 Å². The van der Waals surface area contributed by atoms with Gasteiger partial charge in [0.15, 0.2) is 5.69 Å². The maximum absolute atomic E-state index is 12.1. The molecule has 0 aliphatic rings. The first-order valence-electron chi connectivity index (χ1n) is 9.30. The van der Waals surface area contributed by atoms with Crippen LogP contribution in [0.4, 0.5) is 0 Å². The molecule has 0 aliphatic heterocycles. The van der Waals surface area contributed by atoms with Gasteiger partial charge in [-0.3, -0.25) is 9.36 Å². The number of alkyl halides is 1. The lowest BCUT2D eigenvalue weighted by atomic mass is 10.1. The third-order valence-corrected chi connectivity index (χ3v) is 5.80. The molecular weight excluding hydrogens is 486 g/mol. The number of benzene rings is 2. The second kappa shape index (κ2) is 9.04. The first-order valence-corrected chi connectivity index (χ1v) is 11.5. The Labute approximate surface area is 194 Å². The number of nitrogens with zero attached hydrogens (tertiary/aromatic N) is 2. The Morgan fingerprint density at radius 3 is 2.43 bits per heavy atom. The highest BCUT2D eigenvalue weighted by molar-refractivity contribution is 9.08. The Morgan fingerprint density at radius 2 is 1.90 bits per heavy atom. The lowest BCUT2D eigenvalue weighted by Crippen LogP contribution is -2.14. The minimum absolute atomic E-state index is 0.0160. The van der Waals surface area contributed by atoms with Crippen molar-refractivity contribution in [2.45, 2.75) is 37.8 Å². The Balaban J connectivity index is 2.12. The Hall–Kier alpha value is -1.96. The summed E-state index contributed by atoms with van der Waals surface area (Å²) in [5, 5.41) is 0.958. The van der Waals surface area contributed by atoms with Crippen LogP contribution < -0.4 is 9.92 Å². The van der Waals surface area contributed by atoms with E-state index in [2.05, 4.69) is 41.7 Å². The van der Waals surface area contributed by atoms with Gasteiger partial charge in [-0.15, -0.1) is 0 Å². The molecule has 8 heteroatoms. The van der Waals surface area contributed by atoms with Crippen molar-refractivity contribution >= 4 is 45.5 Å². The first-order chi connectivity index (χ1) is 14.1. The number of imidazole rings is 1. The van der Waals surface area contributed by atoms with Gasteiger partial charge >= 0.3 is 0 Å². The molecule has 1 amide bonds. The maximum atomic E-state index is 12.1. The number of hydrogen-bond donors (Lipinski definition) is 1. The SMILES string of the molecule is Cc1ccc(-c2nc(C(N)=O)c(CBr)n2-c2ccc(OSC(C)(C)C)cc2)c(Cl)c1. The van der Waals surface area contributed by atoms with Crippen LogP contribution in [0.3, 0.4) is 0 Å². The van der Waals surface area contributed by atoms with Crippen molar-refractivity contribution < 1.29 is 8.98 Å². The molecule has 0 atom stereocenters. The van der Waals surface area contributed by atoms with Crippen molar-refractivity contribution in [2.24, 2.45) is 5.73 Å². The fourth-order valence-corrected chi connectivity index (χ4v) is 4.15. The molecule has 2 N–H and O–H groups in total. The summed E-state index contributed by atoms with van der Waals surface area (Å²) in [4.78, 5) is 16.6. The van der Waals surface area contributed by atoms with E-state index in [0.29, 0.717) is 21.9 Å². The molecular formula is C22H23BrClN3O2S. The van der Waals surface area contributed by atoms with Crippen LogP contribution in [0.5, 0.6) is 5.75 Å². The van der Waals surface area contributed by atoms with Crippen LogP contribution in [0.15, 0.2) is 42.5 Å². The standard InChI is InChI=1S/C22H23BrClN3O2S/c1-13-5-10-16(17(24)11-13)21-26-19(20(25)28)18(12-23)27(21)14-6-8-15(9-7-14)29-30-22(2,3)4/h5-11H,12H2,1-4H3,(H2,25,28). The second-order valence-corrected chi connectivity index (χ2v) is 10.3. The fraction of sp³-hybridized carbons (Fsp3) is 0.273. The summed E-state index contributed by atoms with van der Waals surface area (Å²) in [6, 6.07) is 13.3. The molecule has 3 rings (SSSR count). The van der Waals surface area contributed by atoms with E-state index in [1.165, 1.54) is 12.0 Å². The van der Waals surface area contributed by atoms with Crippen molar-refractivity contribution in [3.63, 3.8) is 0 Å². The number of amides is 1. The predicted molar refractivity (Wildman–Crippen MR) is 128 cm³/mol. The van der Waals surface area contributed by atoms with E-state index in [-0.39, 0.29) is 10.4 Å². The predicted octanol–water partition coefficient (Wildman–Crippen LogP) is 6.32. The molecule has 158 valence electrons. The summed E-state index contributed by atoms with van der Waals surface area (Å²) in [6.07, 6.45) is 0. The van der Waals surface area contributed by atoms with Crippen molar-refractivity contribution in [1.29, 1.82) is 0 Å². The largest absolute Gasteiger partial charge is 0.425 e. The quantitative estimate of drug-likeness (QED) is 0.312. The summed E-state index contributed by atoms with van der Waals surface area (Å²) in [5.41, 5.74) is 9.06. The zero-order valence-electron chi connectivity index (χ0n) is 17.2. The number of halogens is 2. The van der Waals surface area contributed by atoms with E-state index in [9.17, 15) is 4.79 Å². The summed E-state index contributed by atoms with van der Waals surface area (Å²) in [7, 11) is 0. The average Bonchev–Trinajstić information content (AvgIpc) is 3.06. The van der Waals surface area contributed by atoms with E-state index in [1.54, 1.807) is 0 Å². The highest BCUT2D eigenvalue weighted by atomic mass is 79.9. The lowest BCUT2D eigenvalue weighted by Gasteiger charge is -2.17. The number of carbonyl (C=O) groups is 1. The molecule has 3 aromatic rings. The summed E-state index contributed by atoms with van der Waals surface area (Å²) in [6.45, 7) is 8.23. The summed E-state index contributed by atoms with van der Waals surface area (Å²) in [5.74, 6) is 0.708. The van der Waals surface area contributed by atoms with Gasteiger partial charge in [0, 0.05) is 21.3 Å². The van der Waals surface area contributed by atoms with E-state index < -0.39 is 5.91 Å². The normalized spacial score (nSPS) is 11.5. The van der Waals surface area contributed by atoms with E-state index in [4.69, 9.17) is 21.5 Å². The molecule has 5 nitrogen and oxygen atoms in total.